The number of hydrogen-bond acceptors (Lipinski definition) is 3. The van der Waals surface area contributed by atoms with Crippen molar-refractivity contribution in [2.24, 2.45) is 0 Å². The van der Waals surface area contributed by atoms with Gasteiger partial charge >= 0.3 is 0 Å². The average molecular weight is 256 g/mol. The summed E-state index contributed by atoms with van der Waals surface area (Å²) in [6.07, 6.45) is 8.66. The molecule has 2 unspecified atom stereocenters. The summed E-state index contributed by atoms with van der Waals surface area (Å²) < 4.78 is 0. The first-order valence-corrected chi connectivity index (χ1v) is 7.90. The third-order valence-electron chi connectivity index (χ3n) is 3.85. The summed E-state index contributed by atoms with van der Waals surface area (Å²) in [7, 11) is 0. The van der Waals surface area contributed by atoms with E-state index in [1.807, 2.05) is 0 Å². The molecule has 1 fully saturated rings. The zero-order chi connectivity index (χ0) is 13.2. The monoisotopic (exact) mass is 256 g/mol. The van der Waals surface area contributed by atoms with Gasteiger partial charge in [0, 0.05) is 19.1 Å². The summed E-state index contributed by atoms with van der Waals surface area (Å²) in [5.74, 6) is 0. The topological polar surface area (TPSA) is 35.5 Å². The summed E-state index contributed by atoms with van der Waals surface area (Å²) in [5.41, 5.74) is 0. The van der Waals surface area contributed by atoms with E-state index in [4.69, 9.17) is 0 Å². The zero-order valence-electron chi connectivity index (χ0n) is 12.3. The maximum absolute atomic E-state index is 10.0. The molecule has 0 radical (unpaired) electrons. The summed E-state index contributed by atoms with van der Waals surface area (Å²) in [4.78, 5) is 2.38. The molecule has 0 amide bonds. The van der Waals surface area contributed by atoms with Crippen LogP contribution in [0.3, 0.4) is 0 Å². The molecule has 1 aliphatic heterocycles. The van der Waals surface area contributed by atoms with Crippen molar-refractivity contribution in [1.29, 1.82) is 0 Å². The van der Waals surface area contributed by atoms with Crippen LogP contribution in [-0.2, 0) is 0 Å². The highest BCUT2D eigenvalue weighted by atomic mass is 16.3. The Balaban J connectivity index is 2.14. The number of rotatable bonds is 10. The number of aliphatic hydroxyl groups is 1. The molecular weight excluding hydrogens is 224 g/mol. The molecule has 0 aliphatic carbocycles. The Morgan fingerprint density at radius 3 is 2.44 bits per heavy atom. The van der Waals surface area contributed by atoms with Crippen molar-refractivity contribution >= 4 is 0 Å². The average Bonchev–Trinajstić information content (AvgIpc) is 2.85. The first kappa shape index (κ1) is 15.9. The van der Waals surface area contributed by atoms with Crippen molar-refractivity contribution in [3.8, 4) is 0 Å². The minimum Gasteiger partial charge on any atom is -0.390 e. The van der Waals surface area contributed by atoms with Gasteiger partial charge in [-0.25, -0.2) is 0 Å². The standard InChI is InChI=1S/C15H32N2O/c1-3-5-9-14(8-4-2)16-12-15(18)13-17-10-6-7-11-17/h14-16,18H,3-13H2,1-2H3. The second kappa shape index (κ2) is 9.76. The normalized spacial score (nSPS) is 20.2. The van der Waals surface area contributed by atoms with Gasteiger partial charge in [0.15, 0.2) is 0 Å². The molecule has 1 saturated heterocycles. The fourth-order valence-corrected chi connectivity index (χ4v) is 2.78. The summed E-state index contributed by atoms with van der Waals surface area (Å²) in [6, 6.07) is 0.600. The highest BCUT2D eigenvalue weighted by Crippen LogP contribution is 2.09. The van der Waals surface area contributed by atoms with Gasteiger partial charge in [0.1, 0.15) is 0 Å². The van der Waals surface area contributed by atoms with Crippen molar-refractivity contribution in [2.75, 3.05) is 26.2 Å². The summed E-state index contributed by atoms with van der Waals surface area (Å²) in [5, 5.41) is 13.6. The number of nitrogens with one attached hydrogen (secondary N) is 1. The molecule has 2 atom stereocenters. The van der Waals surface area contributed by atoms with Gasteiger partial charge in [0.2, 0.25) is 0 Å². The van der Waals surface area contributed by atoms with Gasteiger partial charge in [0.25, 0.3) is 0 Å². The lowest BCUT2D eigenvalue weighted by atomic mass is 10.0. The Morgan fingerprint density at radius 2 is 1.83 bits per heavy atom. The fraction of sp³-hybridized carbons (Fsp3) is 1.00. The van der Waals surface area contributed by atoms with Crippen LogP contribution in [0, 0.1) is 0 Å². The SMILES string of the molecule is CCCCC(CCC)NCC(O)CN1CCCC1. The number of hydrogen-bond donors (Lipinski definition) is 2. The predicted molar refractivity (Wildman–Crippen MR) is 77.9 cm³/mol. The number of unbranched alkanes of at least 4 members (excludes halogenated alkanes) is 1. The lowest BCUT2D eigenvalue weighted by molar-refractivity contribution is 0.119. The van der Waals surface area contributed by atoms with Crippen molar-refractivity contribution in [3.05, 3.63) is 0 Å². The molecular formula is C15H32N2O. The Morgan fingerprint density at radius 1 is 1.11 bits per heavy atom. The van der Waals surface area contributed by atoms with Gasteiger partial charge in [-0.2, -0.15) is 0 Å². The molecule has 1 heterocycles. The van der Waals surface area contributed by atoms with Crippen LogP contribution in [-0.4, -0.2) is 48.3 Å². The van der Waals surface area contributed by atoms with Gasteiger partial charge in [-0.15, -0.1) is 0 Å². The van der Waals surface area contributed by atoms with Gasteiger partial charge in [-0.05, 0) is 38.8 Å². The molecule has 0 spiro atoms. The molecule has 0 aromatic heterocycles. The predicted octanol–water partition coefficient (Wildman–Crippen LogP) is 2.39. The number of β-amino-alcohol motifs (C(OH)–C–C–N with tert-alkyl or cyclic N) is 1. The molecule has 0 saturated carbocycles. The molecule has 108 valence electrons. The maximum Gasteiger partial charge on any atom is 0.0791 e. The van der Waals surface area contributed by atoms with Crippen molar-refractivity contribution < 1.29 is 5.11 Å². The van der Waals surface area contributed by atoms with E-state index in [1.54, 1.807) is 0 Å². The first-order chi connectivity index (χ1) is 8.76. The Labute approximate surface area is 113 Å². The van der Waals surface area contributed by atoms with Crippen LogP contribution >= 0.6 is 0 Å². The van der Waals surface area contributed by atoms with Crippen LogP contribution in [0.15, 0.2) is 0 Å². The van der Waals surface area contributed by atoms with E-state index in [9.17, 15) is 5.11 Å². The van der Waals surface area contributed by atoms with E-state index < -0.39 is 0 Å². The molecule has 18 heavy (non-hydrogen) atoms. The smallest absolute Gasteiger partial charge is 0.0791 e. The highest BCUT2D eigenvalue weighted by Gasteiger charge is 2.16. The second-order valence-corrected chi connectivity index (χ2v) is 5.70. The minimum absolute atomic E-state index is 0.205. The van der Waals surface area contributed by atoms with E-state index in [0.29, 0.717) is 6.04 Å². The molecule has 1 rings (SSSR count). The maximum atomic E-state index is 10.0. The van der Waals surface area contributed by atoms with Gasteiger partial charge in [-0.1, -0.05) is 33.1 Å². The molecule has 3 heteroatoms. The van der Waals surface area contributed by atoms with Crippen LogP contribution in [0.5, 0.6) is 0 Å². The lowest BCUT2D eigenvalue weighted by Gasteiger charge is -2.23. The fourth-order valence-electron chi connectivity index (χ4n) is 2.78. The number of nitrogens with zero attached hydrogens (tertiary/aromatic N) is 1. The quantitative estimate of drug-likeness (QED) is 0.630. The third-order valence-corrected chi connectivity index (χ3v) is 3.85. The van der Waals surface area contributed by atoms with Crippen LogP contribution < -0.4 is 5.32 Å². The second-order valence-electron chi connectivity index (χ2n) is 5.70. The Kier molecular flexibility index (Phi) is 8.64. The zero-order valence-corrected chi connectivity index (χ0v) is 12.3. The van der Waals surface area contributed by atoms with E-state index in [2.05, 4.69) is 24.1 Å². The lowest BCUT2D eigenvalue weighted by Crippen LogP contribution is -2.41. The Hall–Kier alpha value is -0.120. The van der Waals surface area contributed by atoms with E-state index >= 15 is 0 Å². The van der Waals surface area contributed by atoms with Gasteiger partial charge in [-0.3, -0.25) is 0 Å². The Bertz CT molecular complexity index is 193. The van der Waals surface area contributed by atoms with Crippen LogP contribution in [0.25, 0.3) is 0 Å². The highest BCUT2D eigenvalue weighted by molar-refractivity contribution is 4.74. The van der Waals surface area contributed by atoms with Crippen molar-refractivity contribution in [3.63, 3.8) is 0 Å². The van der Waals surface area contributed by atoms with Gasteiger partial charge < -0.3 is 15.3 Å². The van der Waals surface area contributed by atoms with Crippen LogP contribution in [0.4, 0.5) is 0 Å². The van der Waals surface area contributed by atoms with Crippen LogP contribution in [0.2, 0.25) is 0 Å². The number of aliphatic hydroxyl groups excluding tert-OH is 1. The molecule has 0 aromatic carbocycles. The molecule has 0 bridgehead atoms. The van der Waals surface area contributed by atoms with E-state index in [-0.39, 0.29) is 6.10 Å². The molecule has 1 aliphatic rings. The molecule has 2 N–H and O–H groups in total. The van der Waals surface area contributed by atoms with E-state index in [1.165, 1.54) is 58.0 Å². The molecule has 0 aromatic rings. The van der Waals surface area contributed by atoms with Crippen LogP contribution in [0.1, 0.15) is 58.8 Å². The summed E-state index contributed by atoms with van der Waals surface area (Å²) in [6.45, 7) is 8.42. The minimum atomic E-state index is -0.205. The van der Waals surface area contributed by atoms with Crippen molar-refractivity contribution in [1.82, 2.24) is 10.2 Å². The largest absolute Gasteiger partial charge is 0.390 e. The van der Waals surface area contributed by atoms with E-state index in [0.717, 1.165) is 13.1 Å². The first-order valence-electron chi connectivity index (χ1n) is 7.90. The third kappa shape index (κ3) is 6.72. The van der Waals surface area contributed by atoms with Crippen molar-refractivity contribution in [2.45, 2.75) is 70.9 Å². The van der Waals surface area contributed by atoms with Gasteiger partial charge in [0.05, 0.1) is 6.10 Å². The molecule has 3 nitrogen and oxygen atoms in total. The number of likely N-dealkylation sites (tertiary alicyclic amines) is 1. The summed E-state index contributed by atoms with van der Waals surface area (Å²) >= 11 is 0.